The first-order valence-electron chi connectivity index (χ1n) is 7.71. The van der Waals surface area contributed by atoms with Crippen molar-refractivity contribution >= 4 is 27.6 Å². The number of hydrogen-bond donors (Lipinski definition) is 0. The molecule has 1 aliphatic heterocycles. The maximum atomic E-state index is 11.2. The molecule has 0 saturated heterocycles. The molecule has 124 valence electrons. The van der Waals surface area contributed by atoms with Gasteiger partial charge in [0.05, 0.1) is 25.2 Å². The standard InChI is InChI=1S/C18H17NO5/c1-18(2)9-23-8-10-6-14(22-3)17-15(16(10)18)12-7-11(19(20)21)4-5-13(12)24-17/h4-7H,8-9H2,1-3H3. The minimum atomic E-state index is -0.390. The molecule has 0 saturated carbocycles. The van der Waals surface area contributed by atoms with E-state index in [-0.39, 0.29) is 16.0 Å². The van der Waals surface area contributed by atoms with Gasteiger partial charge in [-0.3, -0.25) is 10.1 Å². The van der Waals surface area contributed by atoms with Crippen LogP contribution >= 0.6 is 0 Å². The largest absolute Gasteiger partial charge is 0.493 e. The summed E-state index contributed by atoms with van der Waals surface area (Å²) in [6.45, 7) is 5.29. The summed E-state index contributed by atoms with van der Waals surface area (Å²) in [4.78, 5) is 10.8. The number of furan rings is 1. The third kappa shape index (κ3) is 1.99. The molecule has 3 aromatic rings. The van der Waals surface area contributed by atoms with Gasteiger partial charge in [-0.05, 0) is 23.3 Å². The second-order valence-corrected chi connectivity index (χ2v) is 6.73. The molecule has 0 radical (unpaired) electrons. The summed E-state index contributed by atoms with van der Waals surface area (Å²) in [5.74, 6) is 0.615. The Morgan fingerprint density at radius 1 is 1.29 bits per heavy atom. The minimum absolute atomic E-state index is 0.0478. The number of nitro benzene ring substituents is 1. The van der Waals surface area contributed by atoms with Crippen LogP contribution in [0.25, 0.3) is 21.9 Å². The predicted octanol–water partition coefficient (Wildman–Crippen LogP) is 4.31. The van der Waals surface area contributed by atoms with Crippen molar-refractivity contribution in [2.75, 3.05) is 13.7 Å². The molecule has 0 bridgehead atoms. The maximum absolute atomic E-state index is 11.2. The number of non-ortho nitro benzene ring substituents is 1. The zero-order valence-corrected chi connectivity index (χ0v) is 13.7. The summed E-state index contributed by atoms with van der Waals surface area (Å²) in [5, 5.41) is 12.8. The first kappa shape index (κ1) is 15.0. The van der Waals surface area contributed by atoms with Crippen molar-refractivity contribution in [3.05, 3.63) is 45.5 Å². The Balaban J connectivity index is 2.20. The van der Waals surface area contributed by atoms with Gasteiger partial charge in [-0.2, -0.15) is 0 Å². The van der Waals surface area contributed by atoms with Crippen molar-refractivity contribution in [2.45, 2.75) is 25.9 Å². The first-order chi connectivity index (χ1) is 11.4. The Kier molecular flexibility index (Phi) is 3.08. The van der Waals surface area contributed by atoms with E-state index >= 15 is 0 Å². The molecule has 0 unspecified atom stereocenters. The normalized spacial score (nSPS) is 16.3. The molecule has 0 atom stereocenters. The van der Waals surface area contributed by atoms with Crippen LogP contribution in [0.1, 0.15) is 25.0 Å². The second-order valence-electron chi connectivity index (χ2n) is 6.73. The van der Waals surface area contributed by atoms with Crippen LogP contribution in [-0.2, 0) is 16.8 Å². The van der Waals surface area contributed by atoms with Crippen LogP contribution in [0.5, 0.6) is 5.75 Å². The van der Waals surface area contributed by atoms with E-state index in [0.29, 0.717) is 30.1 Å². The van der Waals surface area contributed by atoms with Gasteiger partial charge in [-0.1, -0.05) is 13.8 Å². The maximum Gasteiger partial charge on any atom is 0.270 e. The van der Waals surface area contributed by atoms with Gasteiger partial charge in [-0.15, -0.1) is 0 Å². The number of nitrogens with zero attached hydrogens (tertiary/aromatic N) is 1. The number of nitro groups is 1. The van der Waals surface area contributed by atoms with Gasteiger partial charge < -0.3 is 13.9 Å². The van der Waals surface area contributed by atoms with E-state index in [4.69, 9.17) is 13.9 Å². The van der Waals surface area contributed by atoms with Gasteiger partial charge in [0.1, 0.15) is 5.58 Å². The molecule has 6 nitrogen and oxygen atoms in total. The molecule has 0 fully saturated rings. The van der Waals surface area contributed by atoms with Crippen molar-refractivity contribution in [3.63, 3.8) is 0 Å². The summed E-state index contributed by atoms with van der Waals surface area (Å²) in [6, 6.07) is 6.62. The summed E-state index contributed by atoms with van der Waals surface area (Å²) in [5.41, 5.74) is 3.21. The van der Waals surface area contributed by atoms with Gasteiger partial charge >= 0.3 is 0 Å². The van der Waals surface area contributed by atoms with Crippen LogP contribution in [0.15, 0.2) is 28.7 Å². The van der Waals surface area contributed by atoms with Gasteiger partial charge in [0.15, 0.2) is 11.3 Å². The van der Waals surface area contributed by atoms with Crippen molar-refractivity contribution in [1.82, 2.24) is 0 Å². The lowest BCUT2D eigenvalue weighted by atomic mass is 9.78. The Bertz CT molecular complexity index is 986. The van der Waals surface area contributed by atoms with E-state index in [0.717, 1.165) is 21.9 Å². The molecule has 0 spiro atoms. The fraction of sp³-hybridized carbons (Fsp3) is 0.333. The van der Waals surface area contributed by atoms with E-state index in [9.17, 15) is 10.1 Å². The zero-order valence-electron chi connectivity index (χ0n) is 13.7. The molecule has 6 heteroatoms. The van der Waals surface area contributed by atoms with E-state index in [1.54, 1.807) is 19.2 Å². The molecule has 1 aromatic heterocycles. The Morgan fingerprint density at radius 3 is 2.79 bits per heavy atom. The lowest BCUT2D eigenvalue weighted by Crippen LogP contribution is -2.30. The number of methoxy groups -OCH3 is 1. The molecule has 4 rings (SSSR count). The van der Waals surface area contributed by atoms with Crippen LogP contribution in [0.2, 0.25) is 0 Å². The molecule has 0 amide bonds. The number of rotatable bonds is 2. The quantitative estimate of drug-likeness (QED) is 0.518. The second kappa shape index (κ2) is 4.95. The zero-order chi connectivity index (χ0) is 17.1. The average molecular weight is 327 g/mol. The molecular weight excluding hydrogens is 310 g/mol. The highest BCUT2D eigenvalue weighted by Crippen LogP contribution is 2.46. The Labute approximate surface area is 138 Å². The number of hydrogen-bond acceptors (Lipinski definition) is 5. The van der Waals surface area contributed by atoms with Crippen LogP contribution < -0.4 is 4.74 Å². The summed E-state index contributed by atoms with van der Waals surface area (Å²) < 4.78 is 17.2. The smallest absolute Gasteiger partial charge is 0.270 e. The average Bonchev–Trinajstić information content (AvgIpc) is 2.91. The van der Waals surface area contributed by atoms with Crippen molar-refractivity contribution < 1.29 is 18.8 Å². The highest BCUT2D eigenvalue weighted by atomic mass is 16.6. The van der Waals surface area contributed by atoms with E-state index in [2.05, 4.69) is 13.8 Å². The minimum Gasteiger partial charge on any atom is -0.493 e. The first-order valence-corrected chi connectivity index (χ1v) is 7.71. The molecule has 0 N–H and O–H groups in total. The topological polar surface area (TPSA) is 74.7 Å². The van der Waals surface area contributed by atoms with Crippen LogP contribution in [0.4, 0.5) is 5.69 Å². The van der Waals surface area contributed by atoms with Crippen LogP contribution in [0.3, 0.4) is 0 Å². The fourth-order valence-corrected chi connectivity index (χ4v) is 3.60. The lowest BCUT2D eigenvalue weighted by Gasteiger charge is -2.33. The Hall–Kier alpha value is -2.60. The van der Waals surface area contributed by atoms with Crippen LogP contribution in [-0.4, -0.2) is 18.6 Å². The molecule has 1 aliphatic rings. The summed E-state index contributed by atoms with van der Waals surface area (Å²) in [7, 11) is 1.59. The summed E-state index contributed by atoms with van der Waals surface area (Å²) >= 11 is 0. The predicted molar refractivity (Wildman–Crippen MR) is 89.6 cm³/mol. The van der Waals surface area contributed by atoms with E-state index < -0.39 is 0 Å². The molecular formula is C18H17NO5. The van der Waals surface area contributed by atoms with Crippen molar-refractivity contribution in [1.29, 1.82) is 0 Å². The highest BCUT2D eigenvalue weighted by Gasteiger charge is 2.33. The van der Waals surface area contributed by atoms with Gasteiger partial charge in [0.2, 0.25) is 0 Å². The van der Waals surface area contributed by atoms with Crippen molar-refractivity contribution in [3.8, 4) is 5.75 Å². The Morgan fingerprint density at radius 2 is 2.08 bits per heavy atom. The monoisotopic (exact) mass is 327 g/mol. The molecule has 2 aromatic carbocycles. The number of ether oxygens (including phenoxy) is 2. The lowest BCUT2D eigenvalue weighted by molar-refractivity contribution is -0.384. The van der Waals surface area contributed by atoms with Crippen molar-refractivity contribution in [2.24, 2.45) is 0 Å². The van der Waals surface area contributed by atoms with Gasteiger partial charge in [-0.25, -0.2) is 0 Å². The SMILES string of the molecule is COc1cc2c(c3c1oc1ccc([N+](=O)[O-])cc13)C(C)(C)COC2. The van der Waals surface area contributed by atoms with E-state index in [1.165, 1.54) is 6.07 Å². The molecule has 0 aliphatic carbocycles. The third-order valence-corrected chi connectivity index (χ3v) is 4.60. The van der Waals surface area contributed by atoms with Gasteiger partial charge in [0, 0.05) is 28.3 Å². The summed E-state index contributed by atoms with van der Waals surface area (Å²) in [6.07, 6.45) is 0. The number of benzene rings is 2. The van der Waals surface area contributed by atoms with Gasteiger partial charge in [0.25, 0.3) is 5.69 Å². The van der Waals surface area contributed by atoms with Crippen LogP contribution in [0, 0.1) is 10.1 Å². The van der Waals surface area contributed by atoms with E-state index in [1.807, 2.05) is 6.07 Å². The molecule has 2 heterocycles. The fourth-order valence-electron chi connectivity index (χ4n) is 3.60. The molecule has 24 heavy (non-hydrogen) atoms. The number of fused-ring (bicyclic) bond motifs is 5. The highest BCUT2D eigenvalue weighted by molar-refractivity contribution is 6.10. The third-order valence-electron chi connectivity index (χ3n) is 4.60.